The molecule has 1 aromatic carbocycles. The fourth-order valence-electron chi connectivity index (χ4n) is 2.83. The molecule has 9 heteroatoms. The summed E-state index contributed by atoms with van der Waals surface area (Å²) in [6.45, 7) is 2.43. The maximum atomic E-state index is 12.9. The molecule has 164 valence electrons. The number of benzene rings is 1. The Kier molecular flexibility index (Phi) is 9.11. The van der Waals surface area contributed by atoms with Crippen LogP contribution < -0.4 is 25.0 Å². The van der Waals surface area contributed by atoms with Gasteiger partial charge in [0.25, 0.3) is 0 Å². The molecule has 0 spiro atoms. The van der Waals surface area contributed by atoms with E-state index in [0.717, 1.165) is 11.4 Å². The summed E-state index contributed by atoms with van der Waals surface area (Å²) in [6.07, 6.45) is 1.74. The third-order valence-electron chi connectivity index (χ3n) is 4.06. The van der Waals surface area contributed by atoms with E-state index >= 15 is 0 Å². The van der Waals surface area contributed by atoms with E-state index in [4.69, 9.17) is 9.47 Å². The molecular formula is C21H29F2N5O2. The maximum absolute atomic E-state index is 12.9. The zero-order chi connectivity index (χ0) is 21.9. The summed E-state index contributed by atoms with van der Waals surface area (Å²) >= 11 is 0. The summed E-state index contributed by atoms with van der Waals surface area (Å²) in [7, 11) is 3.86. The number of aliphatic imine (C=N–C) groups is 1. The topological polar surface area (TPSA) is 71.0 Å². The van der Waals surface area contributed by atoms with E-state index in [9.17, 15) is 8.78 Å². The van der Waals surface area contributed by atoms with Crippen LogP contribution in [0.5, 0.6) is 11.5 Å². The molecule has 0 saturated heterocycles. The van der Waals surface area contributed by atoms with Crippen LogP contribution in [0.4, 0.5) is 14.6 Å². The molecule has 0 fully saturated rings. The SMILES string of the molecule is CCNC(=NCc1cccc(OCC)c1OC(F)F)NCc1cccnc1N(C)C. The molecule has 7 nitrogen and oxygen atoms in total. The van der Waals surface area contributed by atoms with Crippen molar-refractivity contribution in [3.8, 4) is 11.5 Å². The standard InChI is InChI=1S/C21H29F2N5O2/c1-5-24-21(27-14-16-10-8-12-25-19(16)28(3)4)26-13-15-9-7-11-17(29-6-2)18(15)30-20(22)23/h7-12,20H,5-6,13-14H2,1-4H3,(H2,24,26,27). The Morgan fingerprint density at radius 2 is 1.90 bits per heavy atom. The van der Waals surface area contributed by atoms with Gasteiger partial charge in [0, 0.05) is 44.5 Å². The van der Waals surface area contributed by atoms with E-state index in [1.807, 2.05) is 38.1 Å². The highest BCUT2D eigenvalue weighted by Crippen LogP contribution is 2.33. The molecular weight excluding hydrogens is 392 g/mol. The Labute approximate surface area is 176 Å². The molecule has 1 aromatic heterocycles. The highest BCUT2D eigenvalue weighted by atomic mass is 19.3. The van der Waals surface area contributed by atoms with E-state index in [-0.39, 0.29) is 18.0 Å². The summed E-state index contributed by atoms with van der Waals surface area (Å²) in [5.74, 6) is 1.69. The summed E-state index contributed by atoms with van der Waals surface area (Å²) in [5.41, 5.74) is 1.52. The van der Waals surface area contributed by atoms with Crippen LogP contribution in [0.15, 0.2) is 41.5 Å². The van der Waals surface area contributed by atoms with Crippen LogP contribution in [-0.4, -0.2) is 44.8 Å². The number of para-hydroxylation sites is 1. The number of hydrogen-bond donors (Lipinski definition) is 2. The van der Waals surface area contributed by atoms with Crippen molar-refractivity contribution in [2.45, 2.75) is 33.5 Å². The molecule has 2 N–H and O–H groups in total. The van der Waals surface area contributed by atoms with Crippen molar-refractivity contribution in [2.75, 3.05) is 32.1 Å². The van der Waals surface area contributed by atoms with Crippen LogP contribution in [0.2, 0.25) is 0 Å². The van der Waals surface area contributed by atoms with Crippen molar-refractivity contribution >= 4 is 11.8 Å². The number of hydrogen-bond acceptors (Lipinski definition) is 5. The minimum Gasteiger partial charge on any atom is -0.490 e. The molecule has 0 saturated carbocycles. The second-order valence-corrected chi connectivity index (χ2v) is 6.49. The fraction of sp³-hybridized carbons (Fsp3) is 0.429. The van der Waals surface area contributed by atoms with Crippen molar-refractivity contribution in [1.29, 1.82) is 0 Å². The van der Waals surface area contributed by atoms with Gasteiger partial charge in [0.1, 0.15) is 5.82 Å². The van der Waals surface area contributed by atoms with Gasteiger partial charge in [-0.3, -0.25) is 0 Å². The molecule has 1 heterocycles. The number of aromatic nitrogens is 1. The monoisotopic (exact) mass is 421 g/mol. The lowest BCUT2D eigenvalue weighted by atomic mass is 10.2. The van der Waals surface area contributed by atoms with E-state index in [1.165, 1.54) is 0 Å². The molecule has 2 rings (SSSR count). The molecule has 0 atom stereocenters. The average molecular weight is 421 g/mol. The first-order valence-electron chi connectivity index (χ1n) is 9.79. The van der Waals surface area contributed by atoms with Gasteiger partial charge in [-0.1, -0.05) is 18.2 Å². The lowest BCUT2D eigenvalue weighted by Crippen LogP contribution is -2.37. The molecule has 0 aliphatic carbocycles. The third kappa shape index (κ3) is 6.75. The van der Waals surface area contributed by atoms with Gasteiger partial charge in [-0.15, -0.1) is 0 Å². The number of nitrogens with zero attached hydrogens (tertiary/aromatic N) is 3. The first kappa shape index (κ1) is 23.2. The molecule has 0 bridgehead atoms. The van der Waals surface area contributed by atoms with Gasteiger partial charge >= 0.3 is 6.61 Å². The zero-order valence-corrected chi connectivity index (χ0v) is 17.8. The fourth-order valence-corrected chi connectivity index (χ4v) is 2.83. The van der Waals surface area contributed by atoms with Crippen LogP contribution in [0, 0.1) is 0 Å². The van der Waals surface area contributed by atoms with Crippen molar-refractivity contribution in [3.05, 3.63) is 47.7 Å². The van der Waals surface area contributed by atoms with Gasteiger partial charge in [0.05, 0.1) is 13.2 Å². The largest absolute Gasteiger partial charge is 0.490 e. The number of ether oxygens (including phenoxy) is 2. The number of guanidine groups is 1. The normalized spacial score (nSPS) is 11.4. The summed E-state index contributed by atoms with van der Waals surface area (Å²) < 4.78 is 35.9. The average Bonchev–Trinajstić information content (AvgIpc) is 2.72. The predicted molar refractivity (Wildman–Crippen MR) is 114 cm³/mol. The lowest BCUT2D eigenvalue weighted by molar-refractivity contribution is -0.0520. The van der Waals surface area contributed by atoms with Crippen LogP contribution in [0.3, 0.4) is 0 Å². The third-order valence-corrected chi connectivity index (χ3v) is 4.06. The molecule has 0 radical (unpaired) electrons. The maximum Gasteiger partial charge on any atom is 0.387 e. The predicted octanol–water partition coefficient (Wildman–Crippen LogP) is 3.40. The van der Waals surface area contributed by atoms with Crippen molar-refractivity contribution in [1.82, 2.24) is 15.6 Å². The first-order chi connectivity index (χ1) is 14.5. The lowest BCUT2D eigenvalue weighted by Gasteiger charge is -2.18. The van der Waals surface area contributed by atoms with E-state index < -0.39 is 6.61 Å². The number of halogens is 2. The van der Waals surface area contributed by atoms with E-state index in [1.54, 1.807) is 31.3 Å². The smallest absolute Gasteiger partial charge is 0.387 e. The minimum absolute atomic E-state index is 0.0103. The van der Waals surface area contributed by atoms with Crippen molar-refractivity contribution in [2.24, 2.45) is 4.99 Å². The zero-order valence-electron chi connectivity index (χ0n) is 17.8. The van der Waals surface area contributed by atoms with E-state index in [0.29, 0.717) is 31.2 Å². The van der Waals surface area contributed by atoms with Crippen molar-refractivity contribution in [3.63, 3.8) is 0 Å². The van der Waals surface area contributed by atoms with E-state index in [2.05, 4.69) is 20.6 Å². The second-order valence-electron chi connectivity index (χ2n) is 6.49. The Balaban J connectivity index is 2.19. The molecule has 0 aliphatic rings. The van der Waals surface area contributed by atoms with Crippen LogP contribution in [-0.2, 0) is 13.1 Å². The highest BCUT2D eigenvalue weighted by Gasteiger charge is 2.16. The molecule has 30 heavy (non-hydrogen) atoms. The Bertz CT molecular complexity index is 831. The summed E-state index contributed by atoms with van der Waals surface area (Å²) in [5, 5.41) is 6.41. The van der Waals surface area contributed by atoms with Gasteiger partial charge in [0.15, 0.2) is 17.5 Å². The van der Waals surface area contributed by atoms with Gasteiger partial charge in [-0.25, -0.2) is 9.98 Å². The van der Waals surface area contributed by atoms with Gasteiger partial charge < -0.3 is 25.0 Å². The number of alkyl halides is 2. The summed E-state index contributed by atoms with van der Waals surface area (Å²) in [4.78, 5) is 10.8. The van der Waals surface area contributed by atoms with Crippen LogP contribution in [0.25, 0.3) is 0 Å². The molecule has 0 unspecified atom stereocenters. The van der Waals surface area contributed by atoms with Crippen LogP contribution >= 0.6 is 0 Å². The molecule has 0 aliphatic heterocycles. The van der Waals surface area contributed by atoms with Crippen LogP contribution in [0.1, 0.15) is 25.0 Å². The van der Waals surface area contributed by atoms with Gasteiger partial charge in [-0.2, -0.15) is 8.78 Å². The molecule has 0 amide bonds. The Hall–Kier alpha value is -3.10. The minimum atomic E-state index is -2.95. The van der Waals surface area contributed by atoms with Gasteiger partial charge in [-0.05, 0) is 26.0 Å². The number of nitrogens with one attached hydrogen (secondary N) is 2. The number of pyridine rings is 1. The summed E-state index contributed by atoms with van der Waals surface area (Å²) in [6, 6.07) is 8.88. The quantitative estimate of drug-likeness (QED) is 0.453. The number of anilines is 1. The Morgan fingerprint density at radius 3 is 2.57 bits per heavy atom. The van der Waals surface area contributed by atoms with Crippen molar-refractivity contribution < 1.29 is 18.3 Å². The number of rotatable bonds is 10. The highest BCUT2D eigenvalue weighted by molar-refractivity contribution is 5.80. The Morgan fingerprint density at radius 1 is 1.13 bits per heavy atom. The molecule has 2 aromatic rings. The second kappa shape index (κ2) is 11.8. The first-order valence-corrected chi connectivity index (χ1v) is 9.79. The van der Waals surface area contributed by atoms with Gasteiger partial charge in [0.2, 0.25) is 0 Å².